The lowest BCUT2D eigenvalue weighted by Gasteiger charge is -2.18. The number of nitrogens with one attached hydrogen (secondary N) is 1. The van der Waals surface area contributed by atoms with Crippen molar-refractivity contribution >= 4 is 33.2 Å². The zero-order valence-corrected chi connectivity index (χ0v) is 13.3. The van der Waals surface area contributed by atoms with Gasteiger partial charge in [0.05, 0.1) is 4.90 Å². The number of nitrogens with zero attached hydrogens (tertiary/aromatic N) is 1. The van der Waals surface area contributed by atoms with Crippen molar-refractivity contribution in [3.63, 3.8) is 0 Å². The van der Waals surface area contributed by atoms with Crippen LogP contribution in [0.3, 0.4) is 0 Å². The Bertz CT molecular complexity index is 551. The summed E-state index contributed by atoms with van der Waals surface area (Å²) in [4.78, 5) is 11.6. The predicted octanol–water partition coefficient (Wildman–Crippen LogP) is 2.28. The maximum Gasteiger partial charge on any atom is 0.243 e. The second-order valence-corrected chi connectivity index (χ2v) is 6.81. The van der Waals surface area contributed by atoms with E-state index in [1.54, 1.807) is 32.9 Å². The zero-order valence-electron chi connectivity index (χ0n) is 11.8. The number of hydrogen-bond acceptors (Lipinski definition) is 3. The highest BCUT2D eigenvalue weighted by atomic mass is 35.5. The molecule has 0 aliphatic heterocycles. The molecule has 5 nitrogen and oxygen atoms in total. The van der Waals surface area contributed by atoms with Gasteiger partial charge in [-0.2, -0.15) is 4.31 Å². The van der Waals surface area contributed by atoms with Crippen molar-refractivity contribution in [1.82, 2.24) is 4.31 Å². The van der Waals surface area contributed by atoms with E-state index in [0.29, 0.717) is 18.8 Å². The molecule has 0 saturated heterocycles. The van der Waals surface area contributed by atoms with Crippen molar-refractivity contribution < 1.29 is 13.2 Å². The molecule has 0 aromatic heterocycles. The largest absolute Gasteiger partial charge is 0.325 e. The second-order valence-electron chi connectivity index (χ2n) is 4.22. The monoisotopic (exact) mass is 318 g/mol. The molecule has 1 amide bonds. The highest BCUT2D eigenvalue weighted by molar-refractivity contribution is 7.89. The maximum atomic E-state index is 12.3. The average Bonchev–Trinajstić information content (AvgIpc) is 2.40. The van der Waals surface area contributed by atoms with Crippen LogP contribution in [0.2, 0.25) is 0 Å². The van der Waals surface area contributed by atoms with Crippen LogP contribution in [-0.4, -0.2) is 37.1 Å². The highest BCUT2D eigenvalue weighted by Crippen LogP contribution is 2.18. The molecule has 0 unspecified atom stereocenters. The van der Waals surface area contributed by atoms with Crippen molar-refractivity contribution in [3.05, 3.63) is 24.3 Å². The van der Waals surface area contributed by atoms with E-state index in [1.165, 1.54) is 16.4 Å². The van der Waals surface area contributed by atoms with Gasteiger partial charge in [0.25, 0.3) is 0 Å². The molecule has 1 rings (SSSR count). The van der Waals surface area contributed by atoms with Gasteiger partial charge in [-0.15, -0.1) is 11.6 Å². The Morgan fingerprint density at radius 1 is 1.25 bits per heavy atom. The lowest BCUT2D eigenvalue weighted by Crippen LogP contribution is -2.30. The van der Waals surface area contributed by atoms with E-state index >= 15 is 0 Å². The van der Waals surface area contributed by atoms with Crippen molar-refractivity contribution in [2.45, 2.75) is 31.0 Å². The standard InChI is InChI=1S/C13H19ClN2O3S/c1-4-16(5-2)20(18,19)12-8-6-11(7-9-12)15-13(17)10(3)14/h6-10H,4-5H2,1-3H3,(H,15,17)/t10-/m1/s1. The van der Waals surface area contributed by atoms with E-state index < -0.39 is 15.4 Å². The molecule has 112 valence electrons. The van der Waals surface area contributed by atoms with E-state index in [2.05, 4.69) is 5.32 Å². The SMILES string of the molecule is CCN(CC)S(=O)(=O)c1ccc(NC(=O)[C@@H](C)Cl)cc1. The van der Waals surface area contributed by atoms with Crippen molar-refractivity contribution in [3.8, 4) is 0 Å². The van der Waals surface area contributed by atoms with Gasteiger partial charge in [-0.05, 0) is 31.2 Å². The minimum atomic E-state index is -3.47. The number of benzene rings is 1. The summed E-state index contributed by atoms with van der Waals surface area (Å²) >= 11 is 5.65. The Labute approximate surface area is 125 Å². The predicted molar refractivity (Wildman–Crippen MR) is 80.5 cm³/mol. The second kappa shape index (κ2) is 7.06. The molecule has 0 aliphatic carbocycles. The zero-order chi connectivity index (χ0) is 15.3. The van der Waals surface area contributed by atoms with Crippen LogP contribution in [0, 0.1) is 0 Å². The van der Waals surface area contributed by atoms with E-state index in [4.69, 9.17) is 11.6 Å². The van der Waals surface area contributed by atoms with Gasteiger partial charge in [-0.3, -0.25) is 4.79 Å². The number of amides is 1. The molecular weight excluding hydrogens is 300 g/mol. The molecule has 7 heteroatoms. The van der Waals surface area contributed by atoms with Gasteiger partial charge >= 0.3 is 0 Å². The third kappa shape index (κ3) is 3.94. The number of sulfonamides is 1. The van der Waals surface area contributed by atoms with Gasteiger partial charge in [0.2, 0.25) is 15.9 Å². The van der Waals surface area contributed by atoms with Gasteiger partial charge in [0, 0.05) is 18.8 Å². The number of alkyl halides is 1. The van der Waals surface area contributed by atoms with E-state index in [0.717, 1.165) is 0 Å². The quantitative estimate of drug-likeness (QED) is 0.818. The summed E-state index contributed by atoms with van der Waals surface area (Å²) in [6.07, 6.45) is 0. The number of carbonyl (C=O) groups excluding carboxylic acids is 1. The van der Waals surface area contributed by atoms with Crippen LogP contribution in [0.15, 0.2) is 29.2 Å². The topological polar surface area (TPSA) is 66.5 Å². The number of carbonyl (C=O) groups is 1. The first-order valence-corrected chi connectivity index (χ1v) is 8.25. The summed E-state index contributed by atoms with van der Waals surface area (Å²) in [6.45, 7) is 5.98. The smallest absolute Gasteiger partial charge is 0.243 e. The average molecular weight is 319 g/mol. The van der Waals surface area contributed by atoms with Crippen LogP contribution in [-0.2, 0) is 14.8 Å². The lowest BCUT2D eigenvalue weighted by atomic mass is 10.3. The summed E-state index contributed by atoms with van der Waals surface area (Å²) in [5.41, 5.74) is 0.515. The molecule has 0 spiro atoms. The van der Waals surface area contributed by atoms with E-state index in [-0.39, 0.29) is 10.8 Å². The molecule has 20 heavy (non-hydrogen) atoms. The van der Waals surface area contributed by atoms with Gasteiger partial charge in [0.15, 0.2) is 0 Å². The molecule has 1 N–H and O–H groups in total. The molecule has 1 aromatic carbocycles. The van der Waals surface area contributed by atoms with Crippen LogP contribution in [0.25, 0.3) is 0 Å². The van der Waals surface area contributed by atoms with E-state index in [1.807, 2.05) is 0 Å². The Morgan fingerprint density at radius 2 is 1.75 bits per heavy atom. The summed E-state index contributed by atoms with van der Waals surface area (Å²) in [7, 11) is -3.47. The number of hydrogen-bond donors (Lipinski definition) is 1. The molecule has 0 radical (unpaired) electrons. The number of halogens is 1. The third-order valence-electron chi connectivity index (χ3n) is 2.83. The van der Waals surface area contributed by atoms with Gasteiger partial charge in [0.1, 0.15) is 5.38 Å². The molecule has 1 aromatic rings. The number of rotatable bonds is 6. The van der Waals surface area contributed by atoms with Crippen LogP contribution in [0.1, 0.15) is 20.8 Å². The Balaban J connectivity index is 2.94. The molecule has 0 bridgehead atoms. The molecule has 0 saturated carbocycles. The minimum Gasteiger partial charge on any atom is -0.325 e. The summed E-state index contributed by atoms with van der Waals surface area (Å²) in [5, 5.41) is 1.95. The fourth-order valence-electron chi connectivity index (χ4n) is 1.66. The summed E-state index contributed by atoms with van der Waals surface area (Å²) in [5.74, 6) is -0.328. The fourth-order valence-corrected chi connectivity index (χ4v) is 3.18. The van der Waals surface area contributed by atoms with Crippen LogP contribution in [0.4, 0.5) is 5.69 Å². The Kier molecular flexibility index (Phi) is 5.98. The van der Waals surface area contributed by atoms with Crippen LogP contribution < -0.4 is 5.32 Å². The van der Waals surface area contributed by atoms with Crippen molar-refractivity contribution in [2.24, 2.45) is 0 Å². The third-order valence-corrected chi connectivity index (χ3v) is 5.09. The maximum absolute atomic E-state index is 12.3. The Morgan fingerprint density at radius 3 is 2.15 bits per heavy atom. The van der Waals surface area contributed by atoms with Crippen molar-refractivity contribution in [2.75, 3.05) is 18.4 Å². The number of anilines is 1. The Hall–Kier alpha value is -1.11. The molecular formula is C13H19ClN2O3S. The molecule has 0 fully saturated rings. The van der Waals surface area contributed by atoms with Crippen molar-refractivity contribution in [1.29, 1.82) is 0 Å². The fraction of sp³-hybridized carbons (Fsp3) is 0.462. The molecule has 0 aliphatic rings. The lowest BCUT2D eigenvalue weighted by molar-refractivity contribution is -0.115. The highest BCUT2D eigenvalue weighted by Gasteiger charge is 2.21. The normalized spacial score (nSPS) is 13.2. The van der Waals surface area contributed by atoms with Gasteiger partial charge in [-0.25, -0.2) is 8.42 Å². The first-order chi connectivity index (χ1) is 9.32. The van der Waals surface area contributed by atoms with Gasteiger partial charge in [-0.1, -0.05) is 13.8 Å². The van der Waals surface area contributed by atoms with E-state index in [9.17, 15) is 13.2 Å². The first kappa shape index (κ1) is 16.9. The molecule has 1 atom stereocenters. The van der Waals surface area contributed by atoms with Gasteiger partial charge < -0.3 is 5.32 Å². The molecule has 0 heterocycles. The summed E-state index contributed by atoms with van der Waals surface area (Å²) < 4.78 is 25.9. The minimum absolute atomic E-state index is 0.207. The van der Waals surface area contributed by atoms with Crippen LogP contribution in [0.5, 0.6) is 0 Å². The first-order valence-electron chi connectivity index (χ1n) is 6.38. The van der Waals surface area contributed by atoms with Crippen LogP contribution >= 0.6 is 11.6 Å². The summed E-state index contributed by atoms with van der Waals surface area (Å²) in [6, 6.07) is 6.05.